The number of methoxy groups -OCH3 is 1. The van der Waals surface area contributed by atoms with Crippen LogP contribution in [0.25, 0.3) is 0 Å². The Hall–Kier alpha value is -2.36. The van der Waals surface area contributed by atoms with Gasteiger partial charge in [-0.15, -0.1) is 0 Å². The van der Waals surface area contributed by atoms with Crippen LogP contribution in [0.3, 0.4) is 0 Å². The van der Waals surface area contributed by atoms with Crippen LogP contribution < -0.4 is 4.90 Å². The van der Waals surface area contributed by atoms with Crippen molar-refractivity contribution in [1.82, 2.24) is 4.57 Å². The average Bonchev–Trinajstić information content (AvgIpc) is 3.11. The van der Waals surface area contributed by atoms with Crippen molar-refractivity contribution in [3.63, 3.8) is 0 Å². The van der Waals surface area contributed by atoms with Crippen LogP contribution in [0.1, 0.15) is 28.8 Å². The van der Waals surface area contributed by atoms with Gasteiger partial charge in [0.15, 0.2) is 0 Å². The van der Waals surface area contributed by atoms with Gasteiger partial charge in [-0.3, -0.25) is 0 Å². The molecule has 0 saturated carbocycles. The summed E-state index contributed by atoms with van der Waals surface area (Å²) < 4.78 is 7.66. The fourth-order valence-corrected chi connectivity index (χ4v) is 3.58. The highest BCUT2D eigenvalue weighted by Crippen LogP contribution is 2.08. The lowest BCUT2D eigenvalue weighted by atomic mass is 10.1. The van der Waals surface area contributed by atoms with Crippen molar-refractivity contribution in [2.45, 2.75) is 33.0 Å². The summed E-state index contributed by atoms with van der Waals surface area (Å²) in [4.78, 5) is 1.58. The van der Waals surface area contributed by atoms with Crippen LogP contribution in [0.4, 0.5) is 0 Å². The molecule has 0 amide bonds. The molecule has 0 saturated heterocycles. The monoisotopic (exact) mass is 363 g/mol. The first-order chi connectivity index (χ1) is 13.3. The van der Waals surface area contributed by atoms with Gasteiger partial charge in [-0.2, -0.15) is 0 Å². The van der Waals surface area contributed by atoms with E-state index in [0.717, 1.165) is 39.2 Å². The van der Waals surface area contributed by atoms with E-state index in [9.17, 15) is 0 Å². The minimum Gasteiger partial charge on any atom is -0.384 e. The Morgan fingerprint density at radius 3 is 2.44 bits per heavy atom. The number of quaternary nitrogens is 1. The first-order valence-corrected chi connectivity index (χ1v) is 9.81. The Kier molecular flexibility index (Phi) is 7.26. The number of hydrogen-bond donors (Lipinski definition) is 1. The van der Waals surface area contributed by atoms with Crippen LogP contribution in [0.5, 0.6) is 0 Å². The number of hydrogen-bond acceptors (Lipinski definition) is 1. The molecule has 1 aromatic heterocycles. The van der Waals surface area contributed by atoms with Crippen LogP contribution in [-0.4, -0.2) is 24.8 Å². The highest BCUT2D eigenvalue weighted by molar-refractivity contribution is 5.24. The Morgan fingerprint density at radius 1 is 0.889 bits per heavy atom. The number of ether oxygens (including phenoxy) is 1. The van der Waals surface area contributed by atoms with E-state index in [2.05, 4.69) is 84.4 Å². The number of nitrogens with zero attached hydrogens (tertiary/aromatic N) is 1. The third kappa shape index (κ3) is 5.81. The van der Waals surface area contributed by atoms with E-state index in [0.29, 0.717) is 0 Å². The van der Waals surface area contributed by atoms with E-state index in [4.69, 9.17) is 4.74 Å². The Labute approximate surface area is 163 Å². The molecular weight excluding hydrogens is 332 g/mol. The maximum atomic E-state index is 5.29. The second kappa shape index (κ2) is 10.1. The predicted molar refractivity (Wildman–Crippen MR) is 111 cm³/mol. The van der Waals surface area contributed by atoms with Gasteiger partial charge < -0.3 is 14.2 Å². The summed E-state index contributed by atoms with van der Waals surface area (Å²) in [6, 6.07) is 23.8. The van der Waals surface area contributed by atoms with Gasteiger partial charge in [0.05, 0.1) is 18.8 Å². The molecule has 0 spiro atoms. The molecule has 1 heterocycles. The van der Waals surface area contributed by atoms with E-state index in [1.807, 2.05) is 0 Å². The second-order valence-electron chi connectivity index (χ2n) is 7.24. The Balaban J connectivity index is 1.72. The van der Waals surface area contributed by atoms with Gasteiger partial charge in [0.25, 0.3) is 0 Å². The lowest BCUT2D eigenvalue weighted by molar-refractivity contribution is -0.928. The second-order valence-corrected chi connectivity index (χ2v) is 7.24. The molecule has 1 atom stereocenters. The quantitative estimate of drug-likeness (QED) is 0.547. The topological polar surface area (TPSA) is 18.6 Å². The minimum absolute atomic E-state index is 0.822. The average molecular weight is 364 g/mol. The van der Waals surface area contributed by atoms with Crippen LogP contribution in [-0.2, 0) is 24.4 Å². The molecule has 0 aliphatic carbocycles. The van der Waals surface area contributed by atoms with Crippen molar-refractivity contribution in [2.75, 3.05) is 20.3 Å². The van der Waals surface area contributed by atoms with Gasteiger partial charge >= 0.3 is 0 Å². The van der Waals surface area contributed by atoms with E-state index in [1.54, 1.807) is 12.0 Å². The van der Waals surface area contributed by atoms with Crippen molar-refractivity contribution in [1.29, 1.82) is 0 Å². The van der Waals surface area contributed by atoms with Crippen molar-refractivity contribution in [3.8, 4) is 0 Å². The number of benzene rings is 2. The van der Waals surface area contributed by atoms with Crippen molar-refractivity contribution in [3.05, 3.63) is 95.3 Å². The smallest absolute Gasteiger partial charge is 0.118 e. The van der Waals surface area contributed by atoms with Crippen LogP contribution >= 0.6 is 0 Å². The van der Waals surface area contributed by atoms with Crippen LogP contribution in [0, 0.1) is 6.92 Å². The highest BCUT2D eigenvalue weighted by atomic mass is 16.5. The van der Waals surface area contributed by atoms with Gasteiger partial charge in [0.2, 0.25) is 0 Å². The van der Waals surface area contributed by atoms with E-state index >= 15 is 0 Å². The molecule has 0 aliphatic heterocycles. The number of rotatable bonds is 10. The molecular formula is C24H31N2O+. The minimum atomic E-state index is 0.822. The lowest BCUT2D eigenvalue weighted by Crippen LogP contribution is -3.09. The first kappa shape index (κ1) is 19.4. The highest BCUT2D eigenvalue weighted by Gasteiger charge is 2.14. The third-order valence-corrected chi connectivity index (χ3v) is 5.13. The van der Waals surface area contributed by atoms with Gasteiger partial charge in [-0.05, 0) is 30.2 Å². The zero-order valence-electron chi connectivity index (χ0n) is 16.5. The molecule has 3 rings (SSSR count). The largest absolute Gasteiger partial charge is 0.384 e. The van der Waals surface area contributed by atoms with Crippen LogP contribution in [0.2, 0.25) is 0 Å². The van der Waals surface area contributed by atoms with Crippen molar-refractivity contribution in [2.24, 2.45) is 0 Å². The molecule has 0 aliphatic rings. The van der Waals surface area contributed by atoms with Crippen molar-refractivity contribution >= 4 is 0 Å². The summed E-state index contributed by atoms with van der Waals surface area (Å²) in [5.41, 5.74) is 5.54. The zero-order valence-corrected chi connectivity index (χ0v) is 16.5. The number of nitrogens with one attached hydrogen (secondary N) is 1. The van der Waals surface area contributed by atoms with Crippen molar-refractivity contribution < 1.29 is 9.64 Å². The maximum Gasteiger partial charge on any atom is 0.118 e. The molecule has 0 radical (unpaired) electrons. The molecule has 142 valence electrons. The molecule has 3 nitrogen and oxygen atoms in total. The maximum absolute atomic E-state index is 5.29. The summed E-state index contributed by atoms with van der Waals surface area (Å²) in [6.45, 7) is 7.14. The van der Waals surface area contributed by atoms with Gasteiger partial charge in [0, 0.05) is 31.8 Å². The van der Waals surface area contributed by atoms with E-state index in [1.165, 1.54) is 22.4 Å². The summed E-state index contributed by atoms with van der Waals surface area (Å²) in [5, 5.41) is 0. The standard InChI is InChI=1S/C24H30N2O/c1-21-10-6-7-13-23(21)19-25(15-9-17-27-2)20-24-14-8-16-26(24)18-22-11-4-3-5-12-22/h3-8,10-14,16H,9,15,17-20H2,1-2H3/p+1. The van der Waals surface area contributed by atoms with Gasteiger partial charge in [-0.25, -0.2) is 0 Å². The predicted octanol–water partition coefficient (Wildman–Crippen LogP) is 3.47. The third-order valence-electron chi connectivity index (χ3n) is 5.13. The molecule has 0 bridgehead atoms. The SMILES string of the molecule is COCCC[NH+](Cc1ccccc1C)Cc1cccn1Cc1ccccc1. The summed E-state index contributed by atoms with van der Waals surface area (Å²) in [6.07, 6.45) is 3.28. The molecule has 2 aromatic carbocycles. The molecule has 1 unspecified atom stereocenters. The fraction of sp³-hybridized carbons (Fsp3) is 0.333. The first-order valence-electron chi connectivity index (χ1n) is 9.81. The normalized spacial score (nSPS) is 12.2. The van der Waals surface area contributed by atoms with E-state index < -0.39 is 0 Å². The summed E-state index contributed by atoms with van der Waals surface area (Å²) in [7, 11) is 1.78. The summed E-state index contributed by atoms with van der Waals surface area (Å²) in [5.74, 6) is 0. The van der Waals surface area contributed by atoms with Gasteiger partial charge in [-0.1, -0.05) is 54.6 Å². The molecule has 3 aromatic rings. The van der Waals surface area contributed by atoms with E-state index in [-0.39, 0.29) is 0 Å². The molecule has 0 fully saturated rings. The summed E-state index contributed by atoms with van der Waals surface area (Å²) >= 11 is 0. The van der Waals surface area contributed by atoms with Gasteiger partial charge in [0.1, 0.15) is 13.1 Å². The Morgan fingerprint density at radius 2 is 1.67 bits per heavy atom. The Bertz CT molecular complexity index is 810. The lowest BCUT2D eigenvalue weighted by Gasteiger charge is -2.21. The number of aryl methyl sites for hydroxylation is 1. The molecule has 27 heavy (non-hydrogen) atoms. The molecule has 3 heteroatoms. The number of aromatic nitrogens is 1. The zero-order chi connectivity index (χ0) is 18.9. The fourth-order valence-electron chi connectivity index (χ4n) is 3.58. The molecule has 1 N–H and O–H groups in total. The van der Waals surface area contributed by atoms with Crippen LogP contribution in [0.15, 0.2) is 72.9 Å².